The quantitative estimate of drug-likeness (QED) is 0.563. The molecular formula is C17H18ClF4NO3. The molecule has 9 heteroatoms. The average molecular weight is 396 g/mol. The fourth-order valence-corrected chi connectivity index (χ4v) is 3.14. The maximum Gasteiger partial charge on any atom is 0.416 e. The molecule has 0 saturated carbocycles. The number of alkyl halides is 4. The highest BCUT2D eigenvalue weighted by atomic mass is 35.5. The third-order valence-electron chi connectivity index (χ3n) is 4.16. The van der Waals surface area contributed by atoms with Crippen molar-refractivity contribution in [3.05, 3.63) is 34.3 Å². The summed E-state index contributed by atoms with van der Waals surface area (Å²) in [5.41, 5.74) is -1.40. The van der Waals surface area contributed by atoms with Gasteiger partial charge in [-0.2, -0.15) is 13.2 Å². The number of hydrogen-bond donors (Lipinski definition) is 0. The molecule has 1 fully saturated rings. The number of carbonyl (C=O) groups is 2. The Morgan fingerprint density at radius 2 is 2.04 bits per heavy atom. The molecule has 2 atom stereocenters. The standard InChI is InChI=1S/C17H18ClF4NO3/c1-2-26-16(25)13-5-3-4-8-23(13)15(24)14(19)11-7-6-10(9-12(11)18)17(20,21)22/h6-7,9,13-14H,2-5,8H2,1H3. The van der Waals surface area contributed by atoms with Crippen molar-refractivity contribution in [2.75, 3.05) is 13.2 Å². The number of benzene rings is 1. The summed E-state index contributed by atoms with van der Waals surface area (Å²) in [5.74, 6) is -1.63. The third kappa shape index (κ3) is 4.47. The second-order valence-electron chi connectivity index (χ2n) is 5.89. The second kappa shape index (κ2) is 8.24. The largest absolute Gasteiger partial charge is 0.464 e. The number of carbonyl (C=O) groups excluding carboxylic acids is 2. The molecular weight excluding hydrogens is 378 g/mol. The molecule has 26 heavy (non-hydrogen) atoms. The molecule has 1 heterocycles. The molecule has 4 nitrogen and oxygen atoms in total. The Bertz CT molecular complexity index is 680. The van der Waals surface area contributed by atoms with E-state index in [1.54, 1.807) is 6.92 Å². The molecule has 1 saturated heterocycles. The molecule has 1 amide bonds. The summed E-state index contributed by atoms with van der Waals surface area (Å²) < 4.78 is 57.7. The van der Waals surface area contributed by atoms with Crippen molar-refractivity contribution >= 4 is 23.5 Å². The van der Waals surface area contributed by atoms with Crippen LogP contribution in [0.5, 0.6) is 0 Å². The summed E-state index contributed by atoms with van der Waals surface area (Å²) in [6.07, 6.45) is -5.27. The van der Waals surface area contributed by atoms with Crippen molar-refractivity contribution in [1.82, 2.24) is 4.90 Å². The first kappa shape index (κ1) is 20.5. The minimum absolute atomic E-state index is 0.126. The van der Waals surface area contributed by atoms with Crippen LogP contribution in [-0.4, -0.2) is 36.0 Å². The van der Waals surface area contributed by atoms with Crippen LogP contribution in [0.4, 0.5) is 17.6 Å². The first-order valence-electron chi connectivity index (χ1n) is 8.14. The first-order valence-corrected chi connectivity index (χ1v) is 8.52. The van der Waals surface area contributed by atoms with Gasteiger partial charge in [0.15, 0.2) is 0 Å². The van der Waals surface area contributed by atoms with Gasteiger partial charge in [-0.25, -0.2) is 9.18 Å². The number of hydrogen-bond acceptors (Lipinski definition) is 3. The highest BCUT2D eigenvalue weighted by Crippen LogP contribution is 2.35. The molecule has 1 aromatic rings. The smallest absolute Gasteiger partial charge is 0.416 e. The summed E-state index contributed by atoms with van der Waals surface area (Å²) in [6.45, 7) is 1.91. The monoisotopic (exact) mass is 395 g/mol. The lowest BCUT2D eigenvalue weighted by Gasteiger charge is -2.35. The van der Waals surface area contributed by atoms with E-state index >= 15 is 0 Å². The van der Waals surface area contributed by atoms with E-state index in [-0.39, 0.29) is 18.7 Å². The van der Waals surface area contributed by atoms with Crippen molar-refractivity contribution in [2.45, 2.75) is 44.6 Å². The molecule has 0 radical (unpaired) electrons. The molecule has 2 rings (SSSR count). The minimum Gasteiger partial charge on any atom is -0.464 e. The lowest BCUT2D eigenvalue weighted by Crippen LogP contribution is -2.49. The summed E-state index contributed by atoms with van der Waals surface area (Å²) >= 11 is 5.76. The zero-order valence-electron chi connectivity index (χ0n) is 14.0. The van der Waals surface area contributed by atoms with E-state index in [0.717, 1.165) is 11.0 Å². The fraction of sp³-hybridized carbons (Fsp3) is 0.529. The van der Waals surface area contributed by atoms with Crippen LogP contribution in [0.15, 0.2) is 18.2 Å². The predicted molar refractivity (Wildman–Crippen MR) is 86.3 cm³/mol. The SMILES string of the molecule is CCOC(=O)C1CCCCN1C(=O)C(F)c1ccc(C(F)(F)F)cc1Cl. The van der Waals surface area contributed by atoms with Crippen molar-refractivity contribution in [1.29, 1.82) is 0 Å². The van der Waals surface area contributed by atoms with E-state index in [2.05, 4.69) is 0 Å². The third-order valence-corrected chi connectivity index (χ3v) is 4.49. The lowest BCUT2D eigenvalue weighted by atomic mass is 9.99. The molecule has 0 aromatic heterocycles. The topological polar surface area (TPSA) is 46.6 Å². The van der Waals surface area contributed by atoms with Crippen molar-refractivity contribution in [3.8, 4) is 0 Å². The predicted octanol–water partition coefficient (Wildman–Crippen LogP) is 4.31. The molecule has 0 spiro atoms. The Morgan fingerprint density at radius 1 is 1.35 bits per heavy atom. The van der Waals surface area contributed by atoms with Crippen LogP contribution in [0, 0.1) is 0 Å². The lowest BCUT2D eigenvalue weighted by molar-refractivity contribution is -0.158. The van der Waals surface area contributed by atoms with Gasteiger partial charge in [0.2, 0.25) is 6.17 Å². The molecule has 144 valence electrons. The van der Waals surface area contributed by atoms with Gasteiger partial charge in [0, 0.05) is 17.1 Å². The Morgan fingerprint density at radius 3 is 2.62 bits per heavy atom. The van der Waals surface area contributed by atoms with Crippen LogP contribution in [0.1, 0.15) is 43.5 Å². The number of likely N-dealkylation sites (tertiary alicyclic amines) is 1. The summed E-state index contributed by atoms with van der Waals surface area (Å²) in [7, 11) is 0. The van der Waals surface area contributed by atoms with Gasteiger partial charge in [0.05, 0.1) is 12.2 Å². The van der Waals surface area contributed by atoms with E-state index in [1.807, 2.05) is 0 Å². The number of amides is 1. The van der Waals surface area contributed by atoms with Crippen LogP contribution >= 0.6 is 11.6 Å². The fourth-order valence-electron chi connectivity index (χ4n) is 2.87. The number of rotatable bonds is 4. The molecule has 0 bridgehead atoms. The van der Waals surface area contributed by atoms with Crippen molar-refractivity contribution in [3.63, 3.8) is 0 Å². The maximum absolute atomic E-state index is 14.7. The van der Waals surface area contributed by atoms with E-state index in [4.69, 9.17) is 16.3 Å². The van der Waals surface area contributed by atoms with Crippen molar-refractivity contribution < 1.29 is 31.9 Å². The van der Waals surface area contributed by atoms with Gasteiger partial charge in [-0.1, -0.05) is 17.7 Å². The van der Waals surface area contributed by atoms with E-state index in [9.17, 15) is 27.2 Å². The average Bonchev–Trinajstić information content (AvgIpc) is 2.60. The van der Waals surface area contributed by atoms with Gasteiger partial charge in [-0.3, -0.25) is 4.79 Å². The van der Waals surface area contributed by atoms with Gasteiger partial charge in [0.1, 0.15) is 6.04 Å². The van der Waals surface area contributed by atoms with E-state index < -0.39 is 40.9 Å². The molecule has 1 aliphatic heterocycles. The van der Waals surface area contributed by atoms with Gasteiger partial charge in [-0.05, 0) is 38.3 Å². The number of halogens is 5. The number of piperidine rings is 1. The van der Waals surface area contributed by atoms with Crippen LogP contribution < -0.4 is 0 Å². The van der Waals surface area contributed by atoms with Crippen molar-refractivity contribution in [2.24, 2.45) is 0 Å². The summed E-state index contributed by atoms with van der Waals surface area (Å²) in [4.78, 5) is 25.6. The van der Waals surface area contributed by atoms with Crippen LogP contribution in [0.2, 0.25) is 5.02 Å². The van der Waals surface area contributed by atoms with Gasteiger partial charge in [0.25, 0.3) is 5.91 Å². The second-order valence-corrected chi connectivity index (χ2v) is 6.30. The molecule has 0 aliphatic carbocycles. The zero-order valence-corrected chi connectivity index (χ0v) is 14.7. The Labute approximate surface area is 153 Å². The van der Waals surface area contributed by atoms with Gasteiger partial charge >= 0.3 is 12.1 Å². The van der Waals surface area contributed by atoms with E-state index in [1.165, 1.54) is 0 Å². The molecule has 0 N–H and O–H groups in total. The van der Waals surface area contributed by atoms with Crippen LogP contribution in [-0.2, 0) is 20.5 Å². The summed E-state index contributed by atoms with van der Waals surface area (Å²) in [5, 5.41) is -0.495. The molecule has 2 unspecified atom stereocenters. The number of esters is 1. The summed E-state index contributed by atoms with van der Waals surface area (Å²) in [6, 6.07) is 1.19. The zero-order chi connectivity index (χ0) is 19.5. The maximum atomic E-state index is 14.7. The Kier molecular flexibility index (Phi) is 6.49. The van der Waals surface area contributed by atoms with Gasteiger partial charge < -0.3 is 9.64 Å². The van der Waals surface area contributed by atoms with Crippen LogP contribution in [0.25, 0.3) is 0 Å². The number of ether oxygens (including phenoxy) is 1. The minimum atomic E-state index is -4.63. The van der Waals surface area contributed by atoms with E-state index in [0.29, 0.717) is 31.4 Å². The first-order chi connectivity index (χ1) is 12.2. The molecule has 1 aromatic carbocycles. The van der Waals surface area contributed by atoms with Gasteiger partial charge in [-0.15, -0.1) is 0 Å². The Hall–Kier alpha value is -1.83. The highest BCUT2D eigenvalue weighted by molar-refractivity contribution is 6.31. The highest BCUT2D eigenvalue weighted by Gasteiger charge is 2.38. The Balaban J connectivity index is 2.23. The normalized spacial score (nSPS) is 19.2. The number of nitrogens with zero attached hydrogens (tertiary/aromatic N) is 1. The molecule has 1 aliphatic rings. The van der Waals surface area contributed by atoms with Crippen LogP contribution in [0.3, 0.4) is 0 Å².